The van der Waals surface area contributed by atoms with Crippen molar-refractivity contribution in [2.24, 2.45) is 0 Å². The van der Waals surface area contributed by atoms with Crippen LogP contribution in [0.25, 0.3) is 5.69 Å². The molecule has 0 spiro atoms. The summed E-state index contributed by atoms with van der Waals surface area (Å²) in [5, 5.41) is 17.9. The van der Waals surface area contributed by atoms with E-state index in [1.165, 1.54) is 11.8 Å². The number of para-hydroxylation sites is 1. The SMILES string of the molecule is N#CC1(NC(=O)CSc2nc(C3CC3)n(-c3ccccc3)n2)CCCCCC1. The molecular weight excluding hydrogens is 370 g/mol. The third kappa shape index (κ3) is 4.39. The minimum atomic E-state index is -0.704. The fourth-order valence-electron chi connectivity index (χ4n) is 3.76. The number of nitriles is 1. The van der Waals surface area contributed by atoms with E-state index < -0.39 is 5.54 Å². The van der Waals surface area contributed by atoms with E-state index in [2.05, 4.69) is 21.5 Å². The van der Waals surface area contributed by atoms with Crippen LogP contribution in [-0.4, -0.2) is 32.0 Å². The molecule has 1 aromatic heterocycles. The zero-order valence-electron chi connectivity index (χ0n) is 15.9. The minimum Gasteiger partial charge on any atom is -0.337 e. The summed E-state index contributed by atoms with van der Waals surface area (Å²) in [6.07, 6.45) is 8.03. The normalized spacial score (nSPS) is 18.8. The van der Waals surface area contributed by atoms with E-state index >= 15 is 0 Å². The predicted molar refractivity (Wildman–Crippen MR) is 108 cm³/mol. The highest BCUT2D eigenvalue weighted by Gasteiger charge is 2.33. The van der Waals surface area contributed by atoms with Crippen molar-refractivity contribution in [3.63, 3.8) is 0 Å². The molecule has 2 aliphatic carbocycles. The molecule has 6 nitrogen and oxygen atoms in total. The summed E-state index contributed by atoms with van der Waals surface area (Å²) in [6, 6.07) is 12.4. The van der Waals surface area contributed by atoms with Crippen LogP contribution in [0.3, 0.4) is 0 Å². The lowest BCUT2D eigenvalue weighted by Crippen LogP contribution is -2.47. The highest BCUT2D eigenvalue weighted by Crippen LogP contribution is 2.40. The second kappa shape index (κ2) is 8.36. The molecule has 2 aliphatic rings. The zero-order valence-corrected chi connectivity index (χ0v) is 16.7. The second-order valence-electron chi connectivity index (χ2n) is 7.72. The number of nitrogens with one attached hydrogen (secondary N) is 1. The topological polar surface area (TPSA) is 83.6 Å². The van der Waals surface area contributed by atoms with Crippen molar-refractivity contribution >= 4 is 17.7 Å². The smallest absolute Gasteiger partial charge is 0.231 e. The van der Waals surface area contributed by atoms with E-state index in [-0.39, 0.29) is 11.7 Å². The van der Waals surface area contributed by atoms with Crippen molar-refractivity contribution in [3.8, 4) is 11.8 Å². The molecule has 0 atom stereocenters. The maximum absolute atomic E-state index is 12.5. The maximum Gasteiger partial charge on any atom is 0.231 e. The summed E-state index contributed by atoms with van der Waals surface area (Å²) in [4.78, 5) is 17.2. The first-order chi connectivity index (χ1) is 13.7. The molecular formula is C21H25N5OS. The molecule has 4 rings (SSSR count). The van der Waals surface area contributed by atoms with Crippen LogP contribution in [0.15, 0.2) is 35.5 Å². The molecule has 1 amide bonds. The van der Waals surface area contributed by atoms with Gasteiger partial charge in [0.25, 0.3) is 0 Å². The maximum atomic E-state index is 12.5. The molecule has 1 aromatic carbocycles. The second-order valence-corrected chi connectivity index (χ2v) is 8.66. The number of rotatable bonds is 6. The molecule has 146 valence electrons. The lowest BCUT2D eigenvalue weighted by Gasteiger charge is -2.26. The van der Waals surface area contributed by atoms with Gasteiger partial charge in [-0.2, -0.15) is 5.26 Å². The molecule has 2 saturated carbocycles. The van der Waals surface area contributed by atoms with Crippen molar-refractivity contribution in [1.29, 1.82) is 5.26 Å². The predicted octanol–water partition coefficient (Wildman–Crippen LogP) is 3.97. The Hall–Kier alpha value is -2.33. The Morgan fingerprint density at radius 2 is 1.93 bits per heavy atom. The first kappa shape index (κ1) is 19.0. The largest absolute Gasteiger partial charge is 0.337 e. The molecule has 1 N–H and O–H groups in total. The van der Waals surface area contributed by atoms with Crippen molar-refractivity contribution in [2.75, 3.05) is 5.75 Å². The monoisotopic (exact) mass is 395 g/mol. The fraction of sp³-hybridized carbons (Fsp3) is 0.524. The molecule has 0 radical (unpaired) electrons. The van der Waals surface area contributed by atoms with E-state index in [1.54, 1.807) is 0 Å². The van der Waals surface area contributed by atoms with Gasteiger partial charge >= 0.3 is 0 Å². The Morgan fingerprint density at radius 3 is 2.57 bits per heavy atom. The van der Waals surface area contributed by atoms with E-state index in [0.717, 1.165) is 62.9 Å². The Bertz CT molecular complexity index is 861. The standard InChI is InChI=1S/C21H25N5OS/c22-15-21(12-6-1-2-7-13-21)24-18(27)14-28-20-23-19(16-10-11-16)26(25-20)17-8-4-3-5-9-17/h3-5,8-9,16H,1-2,6-7,10-14H2,(H,24,27). The van der Waals surface area contributed by atoms with Gasteiger partial charge in [-0.1, -0.05) is 55.6 Å². The molecule has 0 unspecified atom stereocenters. The van der Waals surface area contributed by atoms with Crippen molar-refractivity contribution in [2.45, 2.75) is 68.0 Å². The lowest BCUT2D eigenvalue weighted by atomic mass is 9.92. The Kier molecular flexibility index (Phi) is 5.67. The van der Waals surface area contributed by atoms with Gasteiger partial charge in [-0.3, -0.25) is 4.79 Å². The molecule has 28 heavy (non-hydrogen) atoms. The zero-order chi connectivity index (χ0) is 19.4. The molecule has 2 fully saturated rings. The average molecular weight is 396 g/mol. The van der Waals surface area contributed by atoms with Gasteiger partial charge < -0.3 is 5.32 Å². The van der Waals surface area contributed by atoms with Crippen LogP contribution in [-0.2, 0) is 4.79 Å². The number of nitrogens with zero attached hydrogens (tertiary/aromatic N) is 4. The lowest BCUT2D eigenvalue weighted by molar-refractivity contribution is -0.120. The van der Waals surface area contributed by atoms with E-state index in [0.29, 0.717) is 11.1 Å². The van der Waals surface area contributed by atoms with Crippen molar-refractivity contribution in [1.82, 2.24) is 20.1 Å². The molecule has 0 bridgehead atoms. The van der Waals surface area contributed by atoms with Gasteiger partial charge in [0, 0.05) is 5.92 Å². The van der Waals surface area contributed by atoms with Gasteiger partial charge in [-0.25, -0.2) is 9.67 Å². The van der Waals surface area contributed by atoms with Gasteiger partial charge in [0.05, 0.1) is 17.5 Å². The summed E-state index contributed by atoms with van der Waals surface area (Å²) in [6.45, 7) is 0. The number of hydrogen-bond donors (Lipinski definition) is 1. The number of hydrogen-bond acceptors (Lipinski definition) is 5. The van der Waals surface area contributed by atoms with Crippen LogP contribution < -0.4 is 5.32 Å². The molecule has 0 aliphatic heterocycles. The van der Waals surface area contributed by atoms with Gasteiger partial charge in [0.2, 0.25) is 11.1 Å². The van der Waals surface area contributed by atoms with Gasteiger partial charge in [-0.15, -0.1) is 5.10 Å². The van der Waals surface area contributed by atoms with Gasteiger partial charge in [-0.05, 0) is 37.8 Å². The first-order valence-electron chi connectivity index (χ1n) is 10.1. The summed E-state index contributed by atoms with van der Waals surface area (Å²) in [5.41, 5.74) is 0.291. The summed E-state index contributed by atoms with van der Waals surface area (Å²) in [7, 11) is 0. The quantitative estimate of drug-likeness (QED) is 0.591. The van der Waals surface area contributed by atoms with Crippen molar-refractivity contribution in [3.05, 3.63) is 36.2 Å². The van der Waals surface area contributed by atoms with Crippen LogP contribution >= 0.6 is 11.8 Å². The highest BCUT2D eigenvalue weighted by molar-refractivity contribution is 7.99. The fourth-order valence-corrected chi connectivity index (χ4v) is 4.39. The molecule has 1 heterocycles. The first-order valence-corrected chi connectivity index (χ1v) is 11.1. The van der Waals surface area contributed by atoms with Crippen LogP contribution in [0.4, 0.5) is 0 Å². The number of aromatic nitrogens is 3. The molecule has 7 heteroatoms. The van der Waals surface area contributed by atoms with Crippen LogP contribution in [0.5, 0.6) is 0 Å². The summed E-state index contributed by atoms with van der Waals surface area (Å²) in [5.74, 6) is 1.55. The van der Waals surface area contributed by atoms with E-state index in [9.17, 15) is 10.1 Å². The van der Waals surface area contributed by atoms with E-state index in [4.69, 9.17) is 0 Å². The van der Waals surface area contributed by atoms with Gasteiger partial charge in [0.1, 0.15) is 11.4 Å². The van der Waals surface area contributed by atoms with Crippen molar-refractivity contribution < 1.29 is 4.79 Å². The van der Waals surface area contributed by atoms with Crippen LogP contribution in [0.2, 0.25) is 0 Å². The van der Waals surface area contributed by atoms with Gasteiger partial charge in [0.15, 0.2) is 0 Å². The Labute approximate surface area is 169 Å². The van der Waals surface area contributed by atoms with Crippen LogP contribution in [0.1, 0.15) is 63.1 Å². The Balaban J connectivity index is 1.42. The summed E-state index contributed by atoms with van der Waals surface area (Å²) >= 11 is 1.34. The number of benzene rings is 1. The number of carbonyl (C=O) groups is 1. The number of carbonyl (C=O) groups excluding carboxylic acids is 1. The Morgan fingerprint density at radius 1 is 1.21 bits per heavy atom. The number of thioether (sulfide) groups is 1. The highest BCUT2D eigenvalue weighted by atomic mass is 32.2. The number of amides is 1. The minimum absolute atomic E-state index is 0.113. The molecule has 2 aromatic rings. The third-order valence-corrected chi connectivity index (χ3v) is 6.28. The van der Waals surface area contributed by atoms with Crippen LogP contribution in [0, 0.1) is 11.3 Å². The third-order valence-electron chi connectivity index (χ3n) is 5.44. The summed E-state index contributed by atoms with van der Waals surface area (Å²) < 4.78 is 1.90. The molecule has 0 saturated heterocycles. The average Bonchev–Trinajstić information content (AvgIpc) is 3.52. The van der Waals surface area contributed by atoms with E-state index in [1.807, 2.05) is 35.0 Å².